The molecule has 2 rings (SSSR count). The summed E-state index contributed by atoms with van der Waals surface area (Å²) in [6.45, 7) is 3.14. The second kappa shape index (κ2) is 8.40. The number of nitrogens with one attached hydrogen (secondary N) is 2. The van der Waals surface area contributed by atoms with E-state index in [9.17, 15) is 4.79 Å². The summed E-state index contributed by atoms with van der Waals surface area (Å²) in [5.74, 6) is 0.156. The Morgan fingerprint density at radius 1 is 1.38 bits per heavy atom. The Morgan fingerprint density at radius 3 is 2.81 bits per heavy atom. The van der Waals surface area contributed by atoms with E-state index in [1.54, 1.807) is 0 Å². The largest absolute Gasteiger partial charge is 0.353 e. The zero-order chi connectivity index (χ0) is 15.1. The van der Waals surface area contributed by atoms with Gasteiger partial charge in [-0.25, -0.2) is 0 Å². The van der Waals surface area contributed by atoms with Crippen molar-refractivity contribution in [1.29, 1.82) is 0 Å². The topological polar surface area (TPSA) is 41.1 Å². The Bertz CT molecular complexity index is 441. The minimum absolute atomic E-state index is 0.151. The highest BCUT2D eigenvalue weighted by molar-refractivity contribution is 6.30. The first-order valence-electron chi connectivity index (χ1n) is 7.90. The molecule has 0 aliphatic carbocycles. The second-order valence-electron chi connectivity index (χ2n) is 5.98. The predicted octanol–water partition coefficient (Wildman–Crippen LogP) is 3.31. The summed E-state index contributed by atoms with van der Waals surface area (Å²) in [5.41, 5.74) is 1.20. The molecule has 1 fully saturated rings. The van der Waals surface area contributed by atoms with Crippen molar-refractivity contribution in [3.05, 3.63) is 34.9 Å². The number of halogens is 1. The van der Waals surface area contributed by atoms with Crippen LogP contribution in [0.2, 0.25) is 5.02 Å². The Labute approximate surface area is 132 Å². The molecule has 2 N–H and O–H groups in total. The molecule has 2 atom stereocenters. The summed E-state index contributed by atoms with van der Waals surface area (Å²) >= 11 is 5.87. The normalized spacial score (nSPS) is 20.0. The fourth-order valence-corrected chi connectivity index (χ4v) is 2.97. The van der Waals surface area contributed by atoms with Crippen molar-refractivity contribution in [2.24, 2.45) is 0 Å². The molecule has 21 heavy (non-hydrogen) atoms. The summed E-state index contributed by atoms with van der Waals surface area (Å²) < 4.78 is 0. The van der Waals surface area contributed by atoms with Crippen LogP contribution in [0.1, 0.15) is 44.6 Å². The number of hydrogen-bond donors (Lipinski definition) is 2. The van der Waals surface area contributed by atoms with Crippen LogP contribution in [0.5, 0.6) is 0 Å². The van der Waals surface area contributed by atoms with E-state index in [-0.39, 0.29) is 11.9 Å². The third-order valence-electron chi connectivity index (χ3n) is 3.99. The lowest BCUT2D eigenvalue weighted by Gasteiger charge is -2.23. The van der Waals surface area contributed by atoms with Gasteiger partial charge in [-0.3, -0.25) is 4.79 Å². The molecule has 2 unspecified atom stereocenters. The van der Waals surface area contributed by atoms with Gasteiger partial charge in [0.1, 0.15) is 0 Å². The highest BCUT2D eigenvalue weighted by Crippen LogP contribution is 2.13. The van der Waals surface area contributed by atoms with E-state index in [4.69, 9.17) is 11.6 Å². The maximum absolute atomic E-state index is 12.0. The monoisotopic (exact) mass is 308 g/mol. The van der Waals surface area contributed by atoms with E-state index in [1.807, 2.05) is 31.2 Å². The molecule has 1 aliphatic rings. The first-order valence-corrected chi connectivity index (χ1v) is 8.28. The molecule has 0 saturated carbocycles. The fourth-order valence-electron chi connectivity index (χ4n) is 2.85. The summed E-state index contributed by atoms with van der Waals surface area (Å²) in [7, 11) is 0. The van der Waals surface area contributed by atoms with Crippen molar-refractivity contribution in [2.45, 2.75) is 57.5 Å². The van der Waals surface area contributed by atoms with Gasteiger partial charge in [0.05, 0.1) is 0 Å². The van der Waals surface area contributed by atoms with Gasteiger partial charge in [-0.2, -0.15) is 0 Å². The van der Waals surface area contributed by atoms with Crippen LogP contribution in [0, 0.1) is 0 Å². The third kappa shape index (κ3) is 6.06. The lowest BCUT2D eigenvalue weighted by atomic mass is 10.0. The molecule has 3 nitrogen and oxygen atoms in total. The predicted molar refractivity (Wildman–Crippen MR) is 87.6 cm³/mol. The average molecular weight is 309 g/mol. The maximum atomic E-state index is 12.0. The molecule has 1 aromatic carbocycles. The van der Waals surface area contributed by atoms with Crippen LogP contribution in [0.3, 0.4) is 0 Å². The smallest absolute Gasteiger partial charge is 0.220 e. The van der Waals surface area contributed by atoms with Gasteiger partial charge in [0, 0.05) is 23.5 Å². The van der Waals surface area contributed by atoms with E-state index < -0.39 is 0 Å². The highest BCUT2D eigenvalue weighted by Gasteiger charge is 2.15. The zero-order valence-corrected chi connectivity index (χ0v) is 13.5. The molecule has 0 spiro atoms. The van der Waals surface area contributed by atoms with Crippen LogP contribution in [0.4, 0.5) is 0 Å². The fraction of sp³-hybridized carbons (Fsp3) is 0.588. The molecule has 1 aliphatic heterocycles. The molecule has 1 amide bonds. The van der Waals surface area contributed by atoms with Crippen molar-refractivity contribution in [3.63, 3.8) is 0 Å². The Kier molecular flexibility index (Phi) is 6.52. The van der Waals surface area contributed by atoms with Gasteiger partial charge in [-0.05, 0) is 56.8 Å². The van der Waals surface area contributed by atoms with Crippen molar-refractivity contribution in [3.8, 4) is 0 Å². The van der Waals surface area contributed by atoms with Gasteiger partial charge in [-0.15, -0.1) is 0 Å². The van der Waals surface area contributed by atoms with Crippen LogP contribution in [0.25, 0.3) is 0 Å². The van der Waals surface area contributed by atoms with Crippen molar-refractivity contribution >= 4 is 17.5 Å². The first-order chi connectivity index (χ1) is 10.1. The van der Waals surface area contributed by atoms with E-state index in [0.717, 1.165) is 24.4 Å². The van der Waals surface area contributed by atoms with Crippen LogP contribution < -0.4 is 10.6 Å². The van der Waals surface area contributed by atoms with Gasteiger partial charge in [-0.1, -0.05) is 30.2 Å². The molecule has 4 heteroatoms. The molecule has 116 valence electrons. The van der Waals surface area contributed by atoms with Gasteiger partial charge in [0.2, 0.25) is 5.91 Å². The first kappa shape index (κ1) is 16.3. The van der Waals surface area contributed by atoms with E-state index >= 15 is 0 Å². The van der Waals surface area contributed by atoms with E-state index in [0.29, 0.717) is 12.5 Å². The highest BCUT2D eigenvalue weighted by atomic mass is 35.5. The van der Waals surface area contributed by atoms with Gasteiger partial charge >= 0.3 is 0 Å². The van der Waals surface area contributed by atoms with Crippen molar-refractivity contribution < 1.29 is 4.79 Å². The summed E-state index contributed by atoms with van der Waals surface area (Å²) in [6.07, 6.45) is 6.15. The van der Waals surface area contributed by atoms with Crippen LogP contribution in [-0.4, -0.2) is 24.5 Å². The number of carbonyl (C=O) groups is 1. The average Bonchev–Trinajstić information content (AvgIpc) is 2.48. The lowest BCUT2D eigenvalue weighted by Crippen LogP contribution is -2.37. The number of carbonyl (C=O) groups excluding carboxylic acids is 1. The lowest BCUT2D eigenvalue weighted by molar-refractivity contribution is -0.121. The Balaban J connectivity index is 1.67. The molecular formula is C17H25ClN2O. The van der Waals surface area contributed by atoms with Crippen molar-refractivity contribution in [2.75, 3.05) is 6.54 Å². The van der Waals surface area contributed by atoms with Crippen LogP contribution in [0.15, 0.2) is 24.3 Å². The molecule has 0 aromatic heterocycles. The zero-order valence-electron chi connectivity index (χ0n) is 12.7. The van der Waals surface area contributed by atoms with Gasteiger partial charge in [0.15, 0.2) is 0 Å². The molecular weight excluding hydrogens is 284 g/mol. The number of benzene rings is 1. The minimum atomic E-state index is 0.151. The number of hydrogen-bond acceptors (Lipinski definition) is 2. The molecule has 1 heterocycles. The Morgan fingerprint density at radius 2 is 2.14 bits per heavy atom. The SMILES string of the molecule is CC(Cc1ccc(Cl)cc1)NC(=O)CCC1CCCCN1. The number of amides is 1. The Hall–Kier alpha value is -1.06. The standard InChI is InChI=1S/C17H25ClN2O/c1-13(12-14-5-7-15(18)8-6-14)20-17(21)10-9-16-4-2-3-11-19-16/h5-8,13,16,19H,2-4,9-12H2,1H3,(H,20,21). The molecule has 1 aromatic rings. The number of rotatable bonds is 6. The quantitative estimate of drug-likeness (QED) is 0.846. The molecule has 0 bridgehead atoms. The minimum Gasteiger partial charge on any atom is -0.353 e. The summed E-state index contributed by atoms with van der Waals surface area (Å²) in [5, 5.41) is 7.31. The molecule has 0 radical (unpaired) electrons. The third-order valence-corrected chi connectivity index (χ3v) is 4.25. The van der Waals surface area contributed by atoms with Crippen LogP contribution >= 0.6 is 11.6 Å². The summed E-state index contributed by atoms with van der Waals surface area (Å²) in [6, 6.07) is 8.47. The van der Waals surface area contributed by atoms with E-state index in [1.165, 1.54) is 24.8 Å². The van der Waals surface area contributed by atoms with Crippen LogP contribution in [-0.2, 0) is 11.2 Å². The van der Waals surface area contributed by atoms with Crippen molar-refractivity contribution in [1.82, 2.24) is 10.6 Å². The maximum Gasteiger partial charge on any atom is 0.220 e. The van der Waals surface area contributed by atoms with E-state index in [2.05, 4.69) is 10.6 Å². The van der Waals surface area contributed by atoms with Gasteiger partial charge in [0.25, 0.3) is 0 Å². The number of piperidine rings is 1. The summed E-state index contributed by atoms with van der Waals surface area (Å²) in [4.78, 5) is 12.0. The second-order valence-corrected chi connectivity index (χ2v) is 6.42. The molecule has 1 saturated heterocycles. The van der Waals surface area contributed by atoms with Gasteiger partial charge < -0.3 is 10.6 Å².